The first kappa shape index (κ1) is 10.1. The van der Waals surface area contributed by atoms with Gasteiger partial charge in [0.2, 0.25) is 0 Å². The zero-order valence-corrected chi connectivity index (χ0v) is 9.09. The van der Waals surface area contributed by atoms with Gasteiger partial charge in [0, 0.05) is 11.5 Å². The molecule has 2 rings (SSSR count). The van der Waals surface area contributed by atoms with Crippen LogP contribution in [0.15, 0.2) is 22.6 Å². The molecule has 0 atom stereocenters. The van der Waals surface area contributed by atoms with Gasteiger partial charge in [0.1, 0.15) is 0 Å². The molecule has 1 aromatic carbocycles. The van der Waals surface area contributed by atoms with Gasteiger partial charge < -0.3 is 9.15 Å². The lowest BCUT2D eigenvalue weighted by atomic mass is 10.1. The molecule has 0 saturated heterocycles. The van der Waals surface area contributed by atoms with Gasteiger partial charge in [-0.2, -0.15) is 0 Å². The SMILES string of the molecule is COc1c(C(C)=O)ccc2cc(Cl)oc12. The zero-order valence-electron chi connectivity index (χ0n) is 8.33. The van der Waals surface area contributed by atoms with Crippen LogP contribution >= 0.6 is 11.6 Å². The Bertz CT molecular complexity index is 528. The van der Waals surface area contributed by atoms with Crippen molar-refractivity contribution in [2.45, 2.75) is 6.92 Å². The number of carbonyl (C=O) groups is 1. The molecule has 0 N–H and O–H groups in total. The first-order chi connectivity index (χ1) is 7.13. The number of ketones is 1. The number of rotatable bonds is 2. The highest BCUT2D eigenvalue weighted by molar-refractivity contribution is 6.29. The molecule has 0 radical (unpaired) electrons. The van der Waals surface area contributed by atoms with Gasteiger partial charge in [-0.25, -0.2) is 0 Å². The summed E-state index contributed by atoms with van der Waals surface area (Å²) in [4.78, 5) is 11.3. The van der Waals surface area contributed by atoms with Crippen molar-refractivity contribution in [3.8, 4) is 5.75 Å². The number of hydrogen-bond donors (Lipinski definition) is 0. The van der Waals surface area contributed by atoms with E-state index in [2.05, 4.69) is 0 Å². The van der Waals surface area contributed by atoms with Crippen molar-refractivity contribution in [2.75, 3.05) is 7.11 Å². The fourth-order valence-electron chi connectivity index (χ4n) is 1.53. The predicted molar refractivity (Wildman–Crippen MR) is 57.8 cm³/mol. The molecule has 0 aliphatic carbocycles. The molecule has 0 aliphatic rings. The van der Waals surface area contributed by atoms with E-state index in [-0.39, 0.29) is 11.0 Å². The summed E-state index contributed by atoms with van der Waals surface area (Å²) in [5.74, 6) is 0.369. The minimum Gasteiger partial charge on any atom is -0.492 e. The van der Waals surface area contributed by atoms with E-state index < -0.39 is 0 Å². The lowest BCUT2D eigenvalue weighted by molar-refractivity contribution is 0.101. The van der Waals surface area contributed by atoms with Gasteiger partial charge in [-0.15, -0.1) is 0 Å². The Morgan fingerprint density at radius 2 is 2.20 bits per heavy atom. The second-order valence-electron chi connectivity index (χ2n) is 3.17. The highest BCUT2D eigenvalue weighted by Crippen LogP contribution is 2.33. The fraction of sp³-hybridized carbons (Fsp3) is 0.182. The van der Waals surface area contributed by atoms with Gasteiger partial charge in [0.25, 0.3) is 0 Å². The Kier molecular flexibility index (Phi) is 2.40. The summed E-state index contributed by atoms with van der Waals surface area (Å²) in [7, 11) is 1.50. The molecule has 1 heterocycles. The Balaban J connectivity index is 2.80. The Morgan fingerprint density at radius 3 is 2.80 bits per heavy atom. The fourth-order valence-corrected chi connectivity index (χ4v) is 1.72. The molecule has 0 amide bonds. The van der Waals surface area contributed by atoms with Crippen molar-refractivity contribution in [3.05, 3.63) is 29.0 Å². The minimum absolute atomic E-state index is 0.0683. The molecule has 0 aliphatic heterocycles. The second kappa shape index (κ2) is 3.59. The largest absolute Gasteiger partial charge is 0.492 e. The van der Waals surface area contributed by atoms with Crippen LogP contribution in [0.5, 0.6) is 5.75 Å². The number of furan rings is 1. The summed E-state index contributed by atoms with van der Waals surface area (Å²) >= 11 is 5.74. The molecule has 1 aromatic heterocycles. The van der Waals surface area contributed by atoms with Gasteiger partial charge in [0.15, 0.2) is 22.3 Å². The van der Waals surface area contributed by atoms with Gasteiger partial charge in [-0.05, 0) is 24.6 Å². The van der Waals surface area contributed by atoms with Crippen molar-refractivity contribution in [3.63, 3.8) is 0 Å². The molecule has 0 saturated carbocycles. The number of fused-ring (bicyclic) bond motifs is 1. The third-order valence-corrected chi connectivity index (χ3v) is 2.38. The molecule has 15 heavy (non-hydrogen) atoms. The van der Waals surface area contributed by atoms with Crippen LogP contribution in [-0.2, 0) is 0 Å². The van der Waals surface area contributed by atoms with E-state index in [9.17, 15) is 4.79 Å². The van der Waals surface area contributed by atoms with Gasteiger partial charge in [0.05, 0.1) is 12.7 Å². The molecule has 4 heteroatoms. The predicted octanol–water partition coefficient (Wildman–Crippen LogP) is 3.30. The van der Waals surface area contributed by atoms with E-state index in [1.54, 1.807) is 18.2 Å². The summed E-state index contributed by atoms with van der Waals surface area (Å²) in [6.45, 7) is 1.48. The molecular weight excluding hydrogens is 216 g/mol. The van der Waals surface area contributed by atoms with E-state index in [1.165, 1.54) is 14.0 Å². The lowest BCUT2D eigenvalue weighted by Gasteiger charge is -2.05. The van der Waals surface area contributed by atoms with E-state index >= 15 is 0 Å². The average molecular weight is 225 g/mol. The molecule has 3 nitrogen and oxygen atoms in total. The number of carbonyl (C=O) groups excluding carboxylic acids is 1. The maximum atomic E-state index is 11.3. The first-order valence-electron chi connectivity index (χ1n) is 4.40. The summed E-state index contributed by atoms with van der Waals surface area (Å²) < 4.78 is 10.4. The van der Waals surface area contributed by atoms with E-state index in [0.29, 0.717) is 16.9 Å². The van der Waals surface area contributed by atoms with Crippen LogP contribution in [0.3, 0.4) is 0 Å². The molecular formula is C11H9ClO3. The third-order valence-electron chi connectivity index (χ3n) is 2.19. The molecule has 0 fully saturated rings. The highest BCUT2D eigenvalue weighted by Gasteiger charge is 2.15. The summed E-state index contributed by atoms with van der Waals surface area (Å²) in [6, 6.07) is 5.17. The standard InChI is InChI=1S/C11H9ClO3/c1-6(13)8-4-3-7-5-9(12)15-10(7)11(8)14-2/h3-5H,1-2H3. The number of methoxy groups -OCH3 is 1. The molecule has 0 bridgehead atoms. The number of hydrogen-bond acceptors (Lipinski definition) is 3. The molecule has 0 spiro atoms. The van der Waals surface area contributed by atoms with Crippen LogP contribution in [0.1, 0.15) is 17.3 Å². The number of ether oxygens (including phenoxy) is 1. The Labute approximate surface area is 91.6 Å². The summed E-state index contributed by atoms with van der Waals surface area (Å²) in [5, 5.41) is 1.10. The Hall–Kier alpha value is -1.48. The highest BCUT2D eigenvalue weighted by atomic mass is 35.5. The van der Waals surface area contributed by atoms with Crippen LogP contribution in [0.25, 0.3) is 11.0 Å². The topological polar surface area (TPSA) is 39.4 Å². The quantitative estimate of drug-likeness (QED) is 0.735. The maximum absolute atomic E-state index is 11.3. The van der Waals surface area contributed by atoms with Crippen molar-refractivity contribution in [1.82, 2.24) is 0 Å². The molecule has 2 aromatic rings. The summed E-state index contributed by atoms with van der Waals surface area (Å²) in [6.07, 6.45) is 0. The van der Waals surface area contributed by atoms with Crippen LogP contribution in [-0.4, -0.2) is 12.9 Å². The second-order valence-corrected chi connectivity index (χ2v) is 3.54. The van der Waals surface area contributed by atoms with Crippen LogP contribution in [0.2, 0.25) is 5.22 Å². The Morgan fingerprint density at radius 1 is 1.47 bits per heavy atom. The van der Waals surface area contributed by atoms with Crippen molar-refractivity contribution in [2.24, 2.45) is 0 Å². The summed E-state index contributed by atoms with van der Waals surface area (Å²) in [5.41, 5.74) is 1.01. The van der Waals surface area contributed by atoms with Crippen molar-refractivity contribution >= 4 is 28.4 Å². The zero-order chi connectivity index (χ0) is 11.0. The van der Waals surface area contributed by atoms with Crippen molar-refractivity contribution in [1.29, 1.82) is 0 Å². The third kappa shape index (κ3) is 1.59. The molecule has 0 unspecified atom stereocenters. The van der Waals surface area contributed by atoms with Gasteiger partial charge in [-0.3, -0.25) is 4.79 Å². The minimum atomic E-state index is -0.0683. The monoisotopic (exact) mass is 224 g/mol. The van der Waals surface area contributed by atoms with Gasteiger partial charge >= 0.3 is 0 Å². The van der Waals surface area contributed by atoms with E-state index in [1.807, 2.05) is 0 Å². The number of Topliss-reactive ketones (excluding diaryl/α,β-unsaturated/α-hetero) is 1. The van der Waals surface area contributed by atoms with Gasteiger partial charge in [-0.1, -0.05) is 6.07 Å². The van der Waals surface area contributed by atoms with Crippen LogP contribution in [0, 0.1) is 0 Å². The van der Waals surface area contributed by atoms with Crippen LogP contribution in [0.4, 0.5) is 0 Å². The van der Waals surface area contributed by atoms with E-state index in [4.69, 9.17) is 20.8 Å². The first-order valence-corrected chi connectivity index (χ1v) is 4.78. The lowest BCUT2D eigenvalue weighted by Crippen LogP contribution is -1.97. The average Bonchev–Trinajstić information content (AvgIpc) is 2.55. The number of halogens is 1. The maximum Gasteiger partial charge on any atom is 0.194 e. The van der Waals surface area contributed by atoms with Crippen molar-refractivity contribution < 1.29 is 13.9 Å². The number of benzene rings is 1. The molecule has 78 valence electrons. The smallest absolute Gasteiger partial charge is 0.194 e. The van der Waals surface area contributed by atoms with E-state index in [0.717, 1.165) is 5.39 Å². The normalized spacial score (nSPS) is 10.6. The van der Waals surface area contributed by atoms with Crippen LogP contribution < -0.4 is 4.74 Å².